The van der Waals surface area contributed by atoms with E-state index in [2.05, 4.69) is 10.6 Å². The van der Waals surface area contributed by atoms with Gasteiger partial charge in [0.05, 0.1) is 54.7 Å². The van der Waals surface area contributed by atoms with E-state index in [4.69, 9.17) is 41.6 Å². The van der Waals surface area contributed by atoms with Crippen molar-refractivity contribution in [2.45, 2.75) is 51.3 Å². The normalized spacial score (nSPS) is 19.5. The van der Waals surface area contributed by atoms with Gasteiger partial charge in [-0.05, 0) is 73.6 Å². The summed E-state index contributed by atoms with van der Waals surface area (Å²) in [6.45, 7) is 0.495. The largest absolute Gasteiger partial charge is 0.473 e. The van der Waals surface area contributed by atoms with Crippen LogP contribution in [0.4, 0.5) is 0 Å². The molecule has 1 fully saturated rings. The number of fused-ring (bicyclic) bond motifs is 2. The molecule has 1 saturated heterocycles. The van der Waals surface area contributed by atoms with Crippen molar-refractivity contribution in [1.29, 1.82) is 0 Å². The van der Waals surface area contributed by atoms with Crippen LogP contribution in [0, 0.1) is 5.92 Å². The van der Waals surface area contributed by atoms with Crippen molar-refractivity contribution >= 4 is 45.1 Å². The van der Waals surface area contributed by atoms with Crippen LogP contribution < -0.4 is 4.74 Å². The van der Waals surface area contributed by atoms with Gasteiger partial charge in [-0.3, -0.25) is 0 Å². The number of imidazole rings is 1. The first-order chi connectivity index (χ1) is 21.5. The maximum absolute atomic E-state index is 12.2. The number of hydrogen-bond acceptors (Lipinski definition) is 7. The summed E-state index contributed by atoms with van der Waals surface area (Å²) >= 11 is 6.27. The molecular formula is C34H32ClN3O5. The number of benzene rings is 2. The van der Waals surface area contributed by atoms with E-state index in [-0.39, 0.29) is 12.1 Å². The molecule has 0 spiro atoms. The number of halogens is 1. The number of ether oxygens (including phenoxy) is 3. The number of hydrogen-bond donors (Lipinski definition) is 0. The molecule has 8 nitrogen and oxygen atoms in total. The van der Waals surface area contributed by atoms with E-state index in [0.29, 0.717) is 33.5 Å². The zero-order valence-corrected chi connectivity index (χ0v) is 24.5. The Kier molecular flexibility index (Phi) is 7.30. The molecule has 3 atom stereocenters. The average Bonchev–Trinajstić information content (AvgIpc) is 3.64. The summed E-state index contributed by atoms with van der Waals surface area (Å²) in [4.78, 5) is 21.9. The number of aromatic nitrogens is 3. The standard InChI is InChI=1S/C34H32ClN3O5/c1-40-34(39)23-10-12-29-30(18-23)38(19-25-13-15-41-25)31(36-29)17-21-5-7-22(8-6-21)28-3-2-4-32(37-28)43-20-24-9-11-27(35)26-14-16-42-33(24)26/h2-4,7,9-12,14,16,18,21,25H,5-6,8,13,15,17,19-20H2,1H3/t21?,25-/m0/s1/i20D/t20?,21?,25-. The molecule has 0 amide bonds. The van der Waals surface area contributed by atoms with Gasteiger partial charge in [0.25, 0.3) is 0 Å². The van der Waals surface area contributed by atoms with E-state index in [1.807, 2.05) is 24.3 Å². The second-order valence-electron chi connectivity index (χ2n) is 11.1. The Bertz CT molecular complexity index is 1880. The molecule has 220 valence electrons. The van der Waals surface area contributed by atoms with Gasteiger partial charge in [0, 0.05) is 30.0 Å². The van der Waals surface area contributed by atoms with E-state index in [0.717, 1.165) is 73.2 Å². The third-order valence-electron chi connectivity index (χ3n) is 8.37. The predicted molar refractivity (Wildman–Crippen MR) is 164 cm³/mol. The lowest BCUT2D eigenvalue weighted by Crippen LogP contribution is -2.32. The minimum absolute atomic E-state index is 0.166. The molecule has 7 rings (SSSR count). The van der Waals surface area contributed by atoms with Gasteiger partial charge in [0.1, 0.15) is 18.0 Å². The Hall–Kier alpha value is -4.14. The minimum atomic E-state index is -1.01. The number of allylic oxidation sites excluding steroid dienone is 2. The number of methoxy groups -OCH3 is 1. The number of pyridine rings is 1. The van der Waals surface area contributed by atoms with Gasteiger partial charge < -0.3 is 23.2 Å². The number of esters is 1. The summed E-state index contributed by atoms with van der Waals surface area (Å²) in [5.74, 6) is 1.47. The second kappa shape index (κ2) is 11.9. The molecule has 43 heavy (non-hydrogen) atoms. The summed E-state index contributed by atoms with van der Waals surface area (Å²) in [7, 11) is 1.40. The fourth-order valence-corrected chi connectivity index (χ4v) is 6.11. The highest BCUT2D eigenvalue weighted by Gasteiger charge is 2.25. The monoisotopic (exact) mass is 598 g/mol. The van der Waals surface area contributed by atoms with Crippen LogP contribution in [-0.4, -0.2) is 40.3 Å². The van der Waals surface area contributed by atoms with Gasteiger partial charge >= 0.3 is 5.97 Å². The Labute approximate surface area is 255 Å². The lowest BCUT2D eigenvalue weighted by molar-refractivity contribution is -0.0590. The first-order valence-corrected chi connectivity index (χ1v) is 14.9. The van der Waals surface area contributed by atoms with Crippen LogP contribution in [0.25, 0.3) is 27.6 Å². The zero-order valence-electron chi connectivity index (χ0n) is 24.8. The van der Waals surface area contributed by atoms with Gasteiger partial charge in [0.2, 0.25) is 5.88 Å². The molecule has 2 aromatic carbocycles. The molecule has 0 bridgehead atoms. The third-order valence-corrected chi connectivity index (χ3v) is 8.70. The van der Waals surface area contributed by atoms with Crippen molar-refractivity contribution < 1.29 is 24.8 Å². The van der Waals surface area contributed by atoms with E-state index < -0.39 is 6.58 Å². The zero-order chi connectivity index (χ0) is 30.2. The minimum Gasteiger partial charge on any atom is -0.473 e. The Morgan fingerprint density at radius 3 is 2.86 bits per heavy atom. The van der Waals surface area contributed by atoms with Crippen molar-refractivity contribution in [3.8, 4) is 5.88 Å². The van der Waals surface area contributed by atoms with E-state index in [1.54, 1.807) is 36.6 Å². The molecule has 3 aromatic heterocycles. The summed E-state index contributed by atoms with van der Waals surface area (Å²) in [6.07, 6.45) is 8.63. The fraction of sp³-hybridized carbons (Fsp3) is 0.324. The van der Waals surface area contributed by atoms with Gasteiger partial charge in [-0.25, -0.2) is 14.8 Å². The highest BCUT2D eigenvalue weighted by atomic mass is 35.5. The quantitative estimate of drug-likeness (QED) is 0.163. The van der Waals surface area contributed by atoms with E-state index in [1.165, 1.54) is 12.7 Å². The number of rotatable bonds is 9. The lowest BCUT2D eigenvalue weighted by atomic mass is 9.86. The van der Waals surface area contributed by atoms with Crippen LogP contribution in [0.3, 0.4) is 0 Å². The topological polar surface area (TPSA) is 88.6 Å². The Morgan fingerprint density at radius 1 is 1.16 bits per heavy atom. The molecule has 0 N–H and O–H groups in total. The number of carbonyl (C=O) groups excluding carboxylic acids is 1. The highest BCUT2D eigenvalue weighted by molar-refractivity contribution is 6.35. The van der Waals surface area contributed by atoms with Crippen LogP contribution in [0.1, 0.15) is 54.5 Å². The second-order valence-corrected chi connectivity index (χ2v) is 11.5. The molecular weight excluding hydrogens is 566 g/mol. The van der Waals surface area contributed by atoms with E-state index in [9.17, 15) is 4.79 Å². The summed E-state index contributed by atoms with van der Waals surface area (Å²) < 4.78 is 33.1. The molecule has 4 heterocycles. The molecule has 0 radical (unpaired) electrons. The smallest absolute Gasteiger partial charge is 0.337 e. The van der Waals surface area contributed by atoms with Gasteiger partial charge in [-0.15, -0.1) is 0 Å². The molecule has 1 aliphatic heterocycles. The number of carbonyl (C=O) groups is 1. The molecule has 0 saturated carbocycles. The predicted octanol–water partition coefficient (Wildman–Crippen LogP) is 7.41. The number of nitrogens with zero attached hydrogens (tertiary/aromatic N) is 3. The van der Waals surface area contributed by atoms with Crippen molar-refractivity contribution in [2.75, 3.05) is 13.7 Å². The van der Waals surface area contributed by atoms with Crippen LogP contribution in [0.5, 0.6) is 5.88 Å². The Morgan fingerprint density at radius 2 is 2.07 bits per heavy atom. The van der Waals surface area contributed by atoms with Crippen LogP contribution in [-0.2, 0) is 29.0 Å². The summed E-state index contributed by atoms with van der Waals surface area (Å²) in [5, 5.41) is 1.33. The third kappa shape index (κ3) is 5.65. The maximum Gasteiger partial charge on any atom is 0.337 e. The summed E-state index contributed by atoms with van der Waals surface area (Å²) in [5.41, 5.74) is 5.50. The fourth-order valence-electron chi connectivity index (χ4n) is 5.90. The van der Waals surface area contributed by atoms with Crippen LogP contribution >= 0.6 is 11.6 Å². The number of furan rings is 1. The molecule has 1 aliphatic carbocycles. The van der Waals surface area contributed by atoms with Gasteiger partial charge in [-0.1, -0.05) is 29.8 Å². The van der Waals surface area contributed by atoms with Crippen molar-refractivity contribution in [3.63, 3.8) is 0 Å². The first kappa shape index (κ1) is 26.5. The Balaban J connectivity index is 1.06. The van der Waals surface area contributed by atoms with Crippen LogP contribution in [0.2, 0.25) is 5.02 Å². The summed E-state index contributed by atoms with van der Waals surface area (Å²) in [6, 6.07) is 16.5. The first-order valence-electron chi connectivity index (χ1n) is 15.1. The van der Waals surface area contributed by atoms with Crippen molar-refractivity contribution in [3.05, 3.63) is 94.6 Å². The van der Waals surface area contributed by atoms with Crippen LogP contribution in [0.15, 0.2) is 71.4 Å². The average molecular weight is 599 g/mol. The van der Waals surface area contributed by atoms with Crippen molar-refractivity contribution in [2.24, 2.45) is 5.92 Å². The highest BCUT2D eigenvalue weighted by Crippen LogP contribution is 2.34. The SMILES string of the molecule is [2H]C(Oc1cccc(C2=CCC(Cc3nc4ccc(C(=O)OC)cc4n3C[C@@H]3CCO3)CC2)n1)c1ccc(Cl)c2ccoc12. The maximum atomic E-state index is 12.2. The van der Waals surface area contributed by atoms with Crippen molar-refractivity contribution in [1.82, 2.24) is 14.5 Å². The molecule has 2 unspecified atom stereocenters. The van der Waals surface area contributed by atoms with Gasteiger partial charge in [0.15, 0.2) is 0 Å². The molecule has 9 heteroatoms. The van der Waals surface area contributed by atoms with E-state index >= 15 is 0 Å². The molecule has 5 aromatic rings. The van der Waals surface area contributed by atoms with Gasteiger partial charge in [-0.2, -0.15) is 0 Å². The molecule has 2 aliphatic rings. The lowest BCUT2D eigenvalue weighted by Gasteiger charge is -2.28.